The van der Waals surface area contributed by atoms with Gasteiger partial charge in [0.1, 0.15) is 11.9 Å². The summed E-state index contributed by atoms with van der Waals surface area (Å²) in [6.45, 7) is 7.91. The maximum Gasteiger partial charge on any atom is 0.256 e. The summed E-state index contributed by atoms with van der Waals surface area (Å²) in [5.74, 6) is 0.348. The normalized spacial score (nSPS) is 18.1. The number of amides is 2. The molecule has 2 aliphatic heterocycles. The number of benzene rings is 1. The van der Waals surface area contributed by atoms with Gasteiger partial charge in [0.15, 0.2) is 0 Å². The quantitative estimate of drug-likeness (QED) is 0.457. The Labute approximate surface area is 233 Å². The number of nitrogens with zero attached hydrogens (tertiary/aromatic N) is 3. The van der Waals surface area contributed by atoms with Crippen molar-refractivity contribution in [2.24, 2.45) is 0 Å². The summed E-state index contributed by atoms with van der Waals surface area (Å²) in [5, 5.41) is 3.33. The van der Waals surface area contributed by atoms with Crippen LogP contribution in [0.2, 0.25) is 5.02 Å². The van der Waals surface area contributed by atoms with Gasteiger partial charge in [0.25, 0.3) is 5.91 Å². The van der Waals surface area contributed by atoms with Crippen LogP contribution in [0.15, 0.2) is 60.9 Å². The van der Waals surface area contributed by atoms with Gasteiger partial charge in [-0.2, -0.15) is 0 Å². The lowest BCUT2D eigenvalue weighted by atomic mass is 10.0. The number of aromatic nitrogens is 2. The lowest BCUT2D eigenvalue weighted by Crippen LogP contribution is -2.55. The summed E-state index contributed by atoms with van der Waals surface area (Å²) in [6, 6.07) is 11.3. The molecule has 0 saturated carbocycles. The van der Waals surface area contributed by atoms with Gasteiger partial charge in [-0.15, -0.1) is 0 Å². The van der Waals surface area contributed by atoms with Crippen molar-refractivity contribution in [1.29, 1.82) is 0 Å². The number of ether oxygens (including phenoxy) is 2. The van der Waals surface area contributed by atoms with Crippen LogP contribution in [0.3, 0.4) is 0 Å². The van der Waals surface area contributed by atoms with Gasteiger partial charge in [-0.1, -0.05) is 17.7 Å². The zero-order chi connectivity index (χ0) is 27.6. The average Bonchev–Trinajstić information content (AvgIpc) is 3.35. The van der Waals surface area contributed by atoms with Gasteiger partial charge in [-0.3, -0.25) is 19.6 Å². The van der Waals surface area contributed by atoms with E-state index in [1.807, 2.05) is 56.0 Å². The molecule has 4 heterocycles. The third-order valence-corrected chi connectivity index (χ3v) is 7.19. The molecule has 3 aromatic rings. The molecular formula is C30H31ClN4O4. The number of carbonyl (C=O) groups is 2. The maximum absolute atomic E-state index is 13.1. The summed E-state index contributed by atoms with van der Waals surface area (Å²) < 4.78 is 11.5. The highest BCUT2D eigenvalue weighted by molar-refractivity contribution is 6.32. The first-order valence-corrected chi connectivity index (χ1v) is 13.3. The Kier molecular flexibility index (Phi) is 7.68. The van der Waals surface area contributed by atoms with Crippen LogP contribution < -0.4 is 10.1 Å². The Morgan fingerprint density at radius 1 is 1.18 bits per heavy atom. The van der Waals surface area contributed by atoms with Crippen LogP contribution in [0.25, 0.3) is 11.3 Å². The fourth-order valence-corrected chi connectivity index (χ4v) is 5.01. The van der Waals surface area contributed by atoms with Crippen LogP contribution in [-0.4, -0.2) is 58.1 Å². The van der Waals surface area contributed by atoms with Crippen molar-refractivity contribution in [3.63, 3.8) is 0 Å². The van der Waals surface area contributed by atoms with Gasteiger partial charge < -0.3 is 19.7 Å². The van der Waals surface area contributed by atoms with E-state index in [9.17, 15) is 9.59 Å². The Morgan fingerprint density at radius 2 is 2.03 bits per heavy atom. The molecule has 5 rings (SSSR count). The predicted molar refractivity (Wildman–Crippen MR) is 149 cm³/mol. The second-order valence-corrected chi connectivity index (χ2v) is 10.9. The van der Waals surface area contributed by atoms with E-state index in [2.05, 4.69) is 15.3 Å². The van der Waals surface area contributed by atoms with E-state index in [0.29, 0.717) is 54.8 Å². The molecule has 0 spiro atoms. The number of pyridine rings is 2. The van der Waals surface area contributed by atoms with E-state index in [0.717, 1.165) is 22.4 Å². The molecule has 1 aromatic carbocycles. The van der Waals surface area contributed by atoms with E-state index in [1.54, 1.807) is 24.5 Å². The number of carbonyl (C=O) groups excluding carboxylic acids is 2. The number of aryl methyl sites for hydroxylation is 1. The molecule has 2 amide bonds. The van der Waals surface area contributed by atoms with E-state index < -0.39 is 0 Å². The average molecular weight is 547 g/mol. The third kappa shape index (κ3) is 6.13. The van der Waals surface area contributed by atoms with Crippen LogP contribution >= 0.6 is 11.6 Å². The summed E-state index contributed by atoms with van der Waals surface area (Å²) in [6.07, 6.45) is 6.87. The minimum atomic E-state index is -0.369. The molecular weight excluding hydrogens is 516 g/mol. The molecule has 1 atom stereocenters. The van der Waals surface area contributed by atoms with Crippen LogP contribution in [-0.2, 0) is 22.5 Å². The van der Waals surface area contributed by atoms with E-state index in [-0.39, 0.29) is 23.5 Å². The predicted octanol–water partition coefficient (Wildman–Crippen LogP) is 4.53. The molecule has 202 valence electrons. The highest BCUT2D eigenvalue weighted by atomic mass is 35.5. The molecule has 2 aromatic heterocycles. The Morgan fingerprint density at radius 3 is 2.74 bits per heavy atom. The first kappa shape index (κ1) is 26.8. The van der Waals surface area contributed by atoms with Crippen molar-refractivity contribution in [2.45, 2.75) is 45.4 Å². The lowest BCUT2D eigenvalue weighted by molar-refractivity contribution is -0.116. The summed E-state index contributed by atoms with van der Waals surface area (Å²) in [4.78, 5) is 36.0. The second kappa shape index (κ2) is 11.2. The highest BCUT2D eigenvalue weighted by Crippen LogP contribution is 2.39. The van der Waals surface area contributed by atoms with Gasteiger partial charge in [0.05, 0.1) is 35.0 Å². The SMILES string of the molecule is Cc1ccc(CNC(=O)C=CC2Cc3cc(-c4ccc(C(=O)N5CCOCC5(C)C)cn4)cc(Cl)c3O2)cn1. The Bertz CT molecular complexity index is 1400. The molecule has 1 saturated heterocycles. The van der Waals surface area contributed by atoms with Crippen LogP contribution in [0, 0.1) is 6.92 Å². The van der Waals surface area contributed by atoms with Crippen LogP contribution in [0.5, 0.6) is 5.75 Å². The van der Waals surface area contributed by atoms with Gasteiger partial charge >= 0.3 is 0 Å². The van der Waals surface area contributed by atoms with E-state index in [1.165, 1.54) is 6.08 Å². The second-order valence-electron chi connectivity index (χ2n) is 10.4. The number of hydrogen-bond donors (Lipinski definition) is 1. The monoisotopic (exact) mass is 546 g/mol. The summed E-state index contributed by atoms with van der Waals surface area (Å²) in [5.41, 5.74) is 4.51. The molecule has 1 unspecified atom stereocenters. The molecule has 1 fully saturated rings. The number of morpholine rings is 1. The minimum Gasteiger partial charge on any atom is -0.484 e. The number of fused-ring (bicyclic) bond motifs is 1. The third-order valence-electron chi connectivity index (χ3n) is 6.91. The largest absolute Gasteiger partial charge is 0.484 e. The van der Waals surface area contributed by atoms with Crippen LogP contribution in [0.4, 0.5) is 0 Å². The number of rotatable bonds is 6. The molecule has 39 heavy (non-hydrogen) atoms. The molecule has 0 bridgehead atoms. The first-order valence-electron chi connectivity index (χ1n) is 12.9. The van der Waals surface area contributed by atoms with Crippen molar-refractivity contribution in [3.8, 4) is 17.0 Å². The van der Waals surface area contributed by atoms with Crippen molar-refractivity contribution in [3.05, 3.63) is 88.4 Å². The van der Waals surface area contributed by atoms with Gasteiger partial charge in [-0.25, -0.2) is 0 Å². The van der Waals surface area contributed by atoms with Crippen molar-refractivity contribution < 1.29 is 19.1 Å². The standard InChI is InChI=1S/C30H31ClN4O4/c1-19-4-5-20(15-32-19)16-34-27(36)9-7-24-13-23-12-22(14-25(31)28(23)39-24)26-8-6-21(17-33-26)29(37)35-10-11-38-18-30(35,2)3/h4-9,12,14-15,17,24H,10-11,13,16,18H2,1-3H3,(H,34,36). The van der Waals surface area contributed by atoms with E-state index >= 15 is 0 Å². The zero-order valence-electron chi connectivity index (χ0n) is 22.2. The number of hydrogen-bond acceptors (Lipinski definition) is 6. The Hall–Kier alpha value is -3.75. The zero-order valence-corrected chi connectivity index (χ0v) is 23.0. The molecule has 0 radical (unpaired) electrons. The highest BCUT2D eigenvalue weighted by Gasteiger charge is 2.34. The van der Waals surface area contributed by atoms with E-state index in [4.69, 9.17) is 21.1 Å². The molecule has 9 heteroatoms. The molecule has 2 aliphatic rings. The summed E-state index contributed by atoms with van der Waals surface area (Å²) >= 11 is 6.56. The maximum atomic E-state index is 13.1. The number of nitrogens with one attached hydrogen (secondary N) is 1. The fraction of sp³-hybridized carbons (Fsp3) is 0.333. The van der Waals surface area contributed by atoms with Crippen molar-refractivity contribution in [1.82, 2.24) is 20.2 Å². The van der Waals surface area contributed by atoms with Gasteiger partial charge in [0.2, 0.25) is 5.91 Å². The minimum absolute atomic E-state index is 0.0584. The van der Waals surface area contributed by atoms with Gasteiger partial charge in [-0.05, 0) is 62.7 Å². The first-order chi connectivity index (χ1) is 18.7. The molecule has 8 nitrogen and oxygen atoms in total. The van der Waals surface area contributed by atoms with Gasteiger partial charge in [0, 0.05) is 54.8 Å². The fourth-order valence-electron chi connectivity index (χ4n) is 4.73. The molecule has 1 N–H and O–H groups in total. The Balaban J connectivity index is 1.22. The molecule has 0 aliphatic carbocycles. The van der Waals surface area contributed by atoms with Crippen molar-refractivity contribution in [2.75, 3.05) is 19.8 Å². The number of halogens is 1. The summed E-state index contributed by atoms with van der Waals surface area (Å²) in [7, 11) is 0. The lowest BCUT2D eigenvalue weighted by Gasteiger charge is -2.42. The topological polar surface area (TPSA) is 93.7 Å². The smallest absolute Gasteiger partial charge is 0.256 e. The van der Waals surface area contributed by atoms with Crippen molar-refractivity contribution >= 4 is 23.4 Å². The van der Waals surface area contributed by atoms with Crippen LogP contribution in [0.1, 0.15) is 41.0 Å².